The summed E-state index contributed by atoms with van der Waals surface area (Å²) in [6.07, 6.45) is 0. The number of phosphoric acid groups is 1. The number of hydrogen-bond acceptors (Lipinski definition) is 5. The molecule has 0 aromatic carbocycles. The number of nitrogens with one attached hydrogen (secondary N) is 2. The monoisotopic (exact) mass is 244 g/mol. The van der Waals surface area contributed by atoms with Crippen molar-refractivity contribution in [1.82, 2.24) is 10.6 Å². The fraction of sp³-hybridized carbons (Fsp3) is 1.00. The second-order valence-electron chi connectivity index (χ2n) is 2.59. The zero-order chi connectivity index (χ0) is 12.2. The van der Waals surface area contributed by atoms with Gasteiger partial charge in [0.15, 0.2) is 0 Å². The first-order chi connectivity index (χ1) is 6.91. The molecule has 0 aliphatic carbocycles. The zero-order valence-corrected chi connectivity index (χ0v) is 9.49. The summed E-state index contributed by atoms with van der Waals surface area (Å²) >= 11 is 0. The quantitative estimate of drug-likeness (QED) is 0.186. The van der Waals surface area contributed by atoms with Crippen LogP contribution >= 0.6 is 7.82 Å². The highest BCUT2D eigenvalue weighted by atomic mass is 31.2. The first-order valence-corrected chi connectivity index (χ1v) is 6.08. The van der Waals surface area contributed by atoms with E-state index in [4.69, 9.17) is 30.7 Å². The topological polar surface area (TPSA) is 154 Å². The molecular formula is C6H21N4O4P. The molecule has 9 heteroatoms. The van der Waals surface area contributed by atoms with E-state index in [9.17, 15) is 0 Å². The van der Waals surface area contributed by atoms with Crippen LogP contribution < -0.4 is 22.1 Å². The van der Waals surface area contributed by atoms with E-state index in [-0.39, 0.29) is 0 Å². The van der Waals surface area contributed by atoms with Gasteiger partial charge in [-0.05, 0) is 0 Å². The number of nitrogens with two attached hydrogens (primary N) is 2. The molecule has 0 amide bonds. The SMILES string of the molecule is NCCNCCNCCN.O=P(O)(O)O. The van der Waals surface area contributed by atoms with Gasteiger partial charge in [-0.1, -0.05) is 0 Å². The van der Waals surface area contributed by atoms with E-state index in [1.807, 2.05) is 0 Å². The van der Waals surface area contributed by atoms with E-state index in [2.05, 4.69) is 10.6 Å². The van der Waals surface area contributed by atoms with Crippen LogP contribution in [0, 0.1) is 0 Å². The average molecular weight is 244 g/mol. The van der Waals surface area contributed by atoms with Crippen molar-refractivity contribution < 1.29 is 19.2 Å². The highest BCUT2D eigenvalue weighted by Gasteiger charge is 2.00. The highest BCUT2D eigenvalue weighted by molar-refractivity contribution is 7.45. The van der Waals surface area contributed by atoms with Crippen molar-refractivity contribution in [2.45, 2.75) is 0 Å². The molecular weight excluding hydrogens is 223 g/mol. The molecule has 0 rings (SSSR count). The van der Waals surface area contributed by atoms with Gasteiger partial charge < -0.3 is 36.8 Å². The van der Waals surface area contributed by atoms with Gasteiger partial charge in [0.1, 0.15) is 0 Å². The summed E-state index contributed by atoms with van der Waals surface area (Å²) in [5.41, 5.74) is 10.5. The molecule has 9 N–H and O–H groups in total. The fourth-order valence-electron chi connectivity index (χ4n) is 0.631. The summed E-state index contributed by atoms with van der Waals surface area (Å²) in [6, 6.07) is 0. The number of hydrogen-bond donors (Lipinski definition) is 7. The van der Waals surface area contributed by atoms with Gasteiger partial charge in [0.2, 0.25) is 0 Å². The minimum Gasteiger partial charge on any atom is -0.329 e. The fourth-order valence-corrected chi connectivity index (χ4v) is 0.631. The zero-order valence-electron chi connectivity index (χ0n) is 8.59. The summed E-state index contributed by atoms with van der Waals surface area (Å²) in [6.45, 7) is 5.14. The lowest BCUT2D eigenvalue weighted by atomic mass is 10.5. The van der Waals surface area contributed by atoms with Gasteiger partial charge >= 0.3 is 7.82 Å². The standard InChI is InChI=1S/C6H18N4.H3O4P/c7-1-3-9-5-6-10-4-2-8;1-5(2,3)4/h9-10H,1-8H2;(H3,1,2,3,4). The molecule has 0 unspecified atom stereocenters. The third-order valence-corrected chi connectivity index (χ3v) is 1.12. The van der Waals surface area contributed by atoms with E-state index in [1.54, 1.807) is 0 Å². The van der Waals surface area contributed by atoms with Gasteiger partial charge in [0.25, 0.3) is 0 Å². The Balaban J connectivity index is 0. The second-order valence-corrected chi connectivity index (χ2v) is 3.62. The largest absolute Gasteiger partial charge is 0.466 e. The Bertz CT molecular complexity index is 149. The molecule has 0 fully saturated rings. The van der Waals surface area contributed by atoms with Crippen LogP contribution in [-0.2, 0) is 4.57 Å². The minimum atomic E-state index is -4.64. The van der Waals surface area contributed by atoms with Crippen molar-refractivity contribution in [3.05, 3.63) is 0 Å². The lowest BCUT2D eigenvalue weighted by Crippen LogP contribution is -2.32. The van der Waals surface area contributed by atoms with Gasteiger partial charge in [-0.2, -0.15) is 0 Å². The molecule has 0 saturated heterocycles. The minimum absolute atomic E-state index is 0.705. The van der Waals surface area contributed by atoms with Crippen LogP contribution in [0.4, 0.5) is 0 Å². The summed E-state index contributed by atoms with van der Waals surface area (Å²) in [4.78, 5) is 21.6. The molecule has 0 aromatic rings. The summed E-state index contributed by atoms with van der Waals surface area (Å²) in [5, 5.41) is 6.33. The van der Waals surface area contributed by atoms with Crippen LogP contribution in [0.3, 0.4) is 0 Å². The predicted octanol–water partition coefficient (Wildman–Crippen LogP) is -2.85. The molecule has 94 valence electrons. The number of rotatable bonds is 7. The van der Waals surface area contributed by atoms with E-state index in [0.717, 1.165) is 26.2 Å². The lowest BCUT2D eigenvalue weighted by Gasteiger charge is -2.03. The van der Waals surface area contributed by atoms with Crippen molar-refractivity contribution >= 4 is 7.82 Å². The third-order valence-electron chi connectivity index (χ3n) is 1.12. The Labute approximate surface area is 89.3 Å². The summed E-state index contributed by atoms with van der Waals surface area (Å²) in [7, 11) is -4.64. The highest BCUT2D eigenvalue weighted by Crippen LogP contribution is 2.25. The maximum absolute atomic E-state index is 8.88. The van der Waals surface area contributed by atoms with Gasteiger partial charge in [0, 0.05) is 39.3 Å². The molecule has 0 saturated carbocycles. The first-order valence-electron chi connectivity index (χ1n) is 4.51. The van der Waals surface area contributed by atoms with Gasteiger partial charge in [0.05, 0.1) is 0 Å². The van der Waals surface area contributed by atoms with E-state index in [0.29, 0.717) is 13.1 Å². The van der Waals surface area contributed by atoms with Crippen LogP contribution in [0.15, 0.2) is 0 Å². The maximum Gasteiger partial charge on any atom is 0.466 e. The van der Waals surface area contributed by atoms with E-state index < -0.39 is 7.82 Å². The molecule has 8 nitrogen and oxygen atoms in total. The van der Waals surface area contributed by atoms with Crippen LogP contribution in [0.1, 0.15) is 0 Å². The maximum atomic E-state index is 8.88. The molecule has 15 heavy (non-hydrogen) atoms. The third kappa shape index (κ3) is 41.2. The smallest absolute Gasteiger partial charge is 0.329 e. The van der Waals surface area contributed by atoms with Crippen molar-refractivity contribution in [2.24, 2.45) is 11.5 Å². The van der Waals surface area contributed by atoms with Crippen LogP contribution in [-0.4, -0.2) is 53.9 Å². The van der Waals surface area contributed by atoms with Gasteiger partial charge in [-0.15, -0.1) is 0 Å². The molecule has 0 aliphatic heterocycles. The van der Waals surface area contributed by atoms with E-state index >= 15 is 0 Å². The summed E-state index contributed by atoms with van der Waals surface area (Å²) in [5.74, 6) is 0. The normalized spacial score (nSPS) is 10.7. The Morgan fingerprint density at radius 3 is 1.33 bits per heavy atom. The van der Waals surface area contributed by atoms with Crippen LogP contribution in [0.25, 0.3) is 0 Å². The predicted molar refractivity (Wildman–Crippen MR) is 58.1 cm³/mol. The molecule has 0 atom stereocenters. The molecule has 0 aliphatic rings. The van der Waals surface area contributed by atoms with Crippen molar-refractivity contribution in [2.75, 3.05) is 39.3 Å². The van der Waals surface area contributed by atoms with Crippen molar-refractivity contribution in [3.8, 4) is 0 Å². The van der Waals surface area contributed by atoms with Gasteiger partial charge in [-0.3, -0.25) is 0 Å². The van der Waals surface area contributed by atoms with Crippen molar-refractivity contribution in [3.63, 3.8) is 0 Å². The van der Waals surface area contributed by atoms with Crippen LogP contribution in [0.2, 0.25) is 0 Å². The lowest BCUT2D eigenvalue weighted by molar-refractivity contribution is 0.275. The Hall–Kier alpha value is -0.0500. The average Bonchev–Trinajstić information content (AvgIpc) is 2.08. The van der Waals surface area contributed by atoms with E-state index in [1.165, 1.54) is 0 Å². The van der Waals surface area contributed by atoms with Crippen LogP contribution in [0.5, 0.6) is 0 Å². The Morgan fingerprint density at radius 2 is 1.13 bits per heavy atom. The molecule has 0 bridgehead atoms. The molecule has 0 radical (unpaired) electrons. The Morgan fingerprint density at radius 1 is 0.867 bits per heavy atom. The first kappa shape index (κ1) is 17.3. The Kier molecular flexibility index (Phi) is 13.9. The second kappa shape index (κ2) is 12.0. The summed E-state index contributed by atoms with van der Waals surface area (Å²) < 4.78 is 8.88. The van der Waals surface area contributed by atoms with Gasteiger partial charge in [-0.25, -0.2) is 4.57 Å². The molecule has 0 heterocycles. The molecule has 0 spiro atoms. The van der Waals surface area contributed by atoms with Crippen molar-refractivity contribution in [1.29, 1.82) is 0 Å². The molecule has 0 aromatic heterocycles.